The Kier molecular flexibility index (Phi) is 22.6. The van der Waals surface area contributed by atoms with Crippen molar-refractivity contribution in [3.8, 4) is 0 Å². The number of unbranched alkanes of at least 4 members (excludes halogenated alkanes) is 10. The van der Waals surface area contributed by atoms with E-state index in [1.165, 1.54) is 25.7 Å². The van der Waals surface area contributed by atoms with Gasteiger partial charge in [-0.1, -0.05) is 65.2 Å². The second-order valence-electron chi connectivity index (χ2n) is 8.53. The lowest BCUT2D eigenvalue weighted by atomic mass is 9.93. The molecular weight excluding hydrogens is 458 g/mol. The summed E-state index contributed by atoms with van der Waals surface area (Å²) in [6.45, 7) is 2.68. The van der Waals surface area contributed by atoms with Gasteiger partial charge in [0.05, 0.1) is 31.8 Å². The Morgan fingerprint density at radius 3 is 1.03 bits per heavy atom. The van der Waals surface area contributed by atoms with Crippen molar-refractivity contribution in [1.82, 2.24) is 0 Å². The third-order valence-corrected chi connectivity index (χ3v) is 9.10. The summed E-state index contributed by atoms with van der Waals surface area (Å²) in [5.41, 5.74) is -1.11. The van der Waals surface area contributed by atoms with Crippen LogP contribution in [0.5, 0.6) is 0 Å². The van der Waals surface area contributed by atoms with E-state index < -0.39 is 47.7 Å². The molecular formula is C21H50O9P2+2. The van der Waals surface area contributed by atoms with Crippen molar-refractivity contribution in [2.24, 2.45) is 5.41 Å². The van der Waals surface area contributed by atoms with Gasteiger partial charge in [-0.15, -0.1) is 0 Å². The lowest BCUT2D eigenvalue weighted by Crippen LogP contribution is -2.37. The second-order valence-corrected chi connectivity index (χ2v) is 12.7. The average molecular weight is 509 g/mol. The number of hydrogen-bond donors (Lipinski definition) is 8. The molecule has 0 saturated carbocycles. The molecule has 0 amide bonds. The fourth-order valence-corrected chi connectivity index (χ4v) is 6.39. The summed E-state index contributed by atoms with van der Waals surface area (Å²) >= 11 is 0. The number of aliphatic hydroxyl groups is 4. The van der Waals surface area contributed by atoms with Crippen LogP contribution in [-0.2, 0) is 4.31 Å². The maximum Gasteiger partial charge on any atom is 0.461 e. The SMILES string of the molecule is CCCCCCCC[P+](O)(O)O[P+](O)(O)CCCCCCCC.OCC(CO)(CO)CO. The van der Waals surface area contributed by atoms with Crippen molar-refractivity contribution in [1.29, 1.82) is 0 Å². The van der Waals surface area contributed by atoms with E-state index in [-0.39, 0.29) is 12.3 Å². The van der Waals surface area contributed by atoms with E-state index in [1.807, 2.05) is 0 Å². The van der Waals surface area contributed by atoms with E-state index in [2.05, 4.69) is 13.8 Å². The minimum absolute atomic E-state index is 0.124. The van der Waals surface area contributed by atoms with Crippen LogP contribution in [0.1, 0.15) is 90.9 Å². The molecule has 0 aliphatic heterocycles. The molecule has 11 heteroatoms. The normalized spacial score (nSPS) is 12.6. The van der Waals surface area contributed by atoms with Crippen LogP contribution in [0, 0.1) is 5.41 Å². The van der Waals surface area contributed by atoms with Crippen LogP contribution < -0.4 is 0 Å². The van der Waals surface area contributed by atoms with Crippen LogP contribution in [0.15, 0.2) is 0 Å². The van der Waals surface area contributed by atoms with Gasteiger partial charge in [0.2, 0.25) is 0 Å². The summed E-state index contributed by atoms with van der Waals surface area (Å²) in [7, 11) is -7.27. The van der Waals surface area contributed by atoms with Crippen LogP contribution in [0.4, 0.5) is 0 Å². The zero-order chi connectivity index (χ0) is 24.9. The van der Waals surface area contributed by atoms with E-state index in [0.717, 1.165) is 38.5 Å². The van der Waals surface area contributed by atoms with Gasteiger partial charge in [-0.25, -0.2) is 0 Å². The molecule has 0 unspecified atom stereocenters. The molecule has 0 heterocycles. The van der Waals surface area contributed by atoms with Crippen LogP contribution in [0.25, 0.3) is 0 Å². The van der Waals surface area contributed by atoms with Gasteiger partial charge in [-0.05, 0) is 25.7 Å². The Balaban J connectivity index is 0. The Hall–Kier alpha value is 0.500. The first-order valence-electron chi connectivity index (χ1n) is 11.9. The summed E-state index contributed by atoms with van der Waals surface area (Å²) in [5.74, 6) is 0. The highest BCUT2D eigenvalue weighted by molar-refractivity contribution is 7.72. The highest BCUT2D eigenvalue weighted by Gasteiger charge is 2.53. The fourth-order valence-electron chi connectivity index (χ4n) is 2.79. The molecule has 0 radical (unpaired) electrons. The maximum atomic E-state index is 9.88. The standard InChI is InChI=1S/C16H38O5P2.C5H12O4/c1-3-5-7-9-11-13-15-22(17,18)21-23(19,20)16-14-12-10-8-6-4-2;6-1-5(2-7,3-8)4-9/h17-20H,3-16H2,1-2H3;6-9H,1-4H2/q+2;. The Bertz CT molecular complexity index is 365. The van der Waals surface area contributed by atoms with Gasteiger partial charge in [0.25, 0.3) is 0 Å². The van der Waals surface area contributed by atoms with Crippen LogP contribution >= 0.6 is 15.9 Å². The molecule has 32 heavy (non-hydrogen) atoms. The molecule has 0 fully saturated rings. The van der Waals surface area contributed by atoms with Crippen molar-refractivity contribution in [2.45, 2.75) is 90.9 Å². The summed E-state index contributed by atoms with van der Waals surface area (Å²) in [6.07, 6.45) is 12.6. The fraction of sp³-hybridized carbons (Fsp3) is 1.00. The Labute approximate surface area is 195 Å². The highest BCUT2D eigenvalue weighted by Crippen LogP contribution is 2.69. The Morgan fingerprint density at radius 1 is 0.500 bits per heavy atom. The molecule has 0 aromatic carbocycles. The molecule has 0 atom stereocenters. The molecule has 0 aromatic heterocycles. The van der Waals surface area contributed by atoms with Gasteiger partial charge in [0.1, 0.15) is 12.3 Å². The summed E-state index contributed by atoms with van der Waals surface area (Å²) in [5, 5.41) is 34.0. The maximum absolute atomic E-state index is 9.88. The van der Waals surface area contributed by atoms with Crippen LogP contribution in [-0.4, -0.2) is 78.8 Å². The molecule has 0 aliphatic carbocycles. The molecule has 0 aliphatic rings. The van der Waals surface area contributed by atoms with Crippen molar-refractivity contribution in [2.75, 3.05) is 38.8 Å². The van der Waals surface area contributed by atoms with Gasteiger partial charge < -0.3 is 20.4 Å². The second kappa shape index (κ2) is 20.8. The number of aliphatic hydroxyl groups excluding tert-OH is 4. The minimum atomic E-state index is -3.64. The first kappa shape index (κ1) is 34.7. The van der Waals surface area contributed by atoms with Gasteiger partial charge in [-0.3, -0.25) is 0 Å². The average Bonchev–Trinajstić information content (AvgIpc) is 2.75. The Morgan fingerprint density at radius 2 is 0.781 bits per heavy atom. The molecule has 0 rings (SSSR count). The molecule has 9 nitrogen and oxygen atoms in total. The molecule has 0 aromatic rings. The van der Waals surface area contributed by atoms with E-state index in [0.29, 0.717) is 12.8 Å². The van der Waals surface area contributed by atoms with Crippen molar-refractivity contribution >= 4 is 15.9 Å². The molecule has 0 bridgehead atoms. The van der Waals surface area contributed by atoms with E-state index in [1.54, 1.807) is 0 Å². The van der Waals surface area contributed by atoms with Crippen LogP contribution in [0.2, 0.25) is 0 Å². The predicted molar refractivity (Wildman–Crippen MR) is 131 cm³/mol. The number of hydrogen-bond acceptors (Lipinski definition) is 9. The monoisotopic (exact) mass is 508 g/mol. The van der Waals surface area contributed by atoms with Gasteiger partial charge in [-0.2, -0.15) is 19.6 Å². The molecule has 8 N–H and O–H groups in total. The van der Waals surface area contributed by atoms with Crippen molar-refractivity contribution in [3.63, 3.8) is 0 Å². The topological polar surface area (TPSA) is 171 Å². The molecule has 0 saturated heterocycles. The zero-order valence-electron chi connectivity index (χ0n) is 20.1. The third kappa shape index (κ3) is 19.9. The van der Waals surface area contributed by atoms with Crippen molar-refractivity contribution in [3.05, 3.63) is 0 Å². The van der Waals surface area contributed by atoms with Gasteiger partial charge >= 0.3 is 15.9 Å². The van der Waals surface area contributed by atoms with Gasteiger partial charge in [0, 0.05) is 4.31 Å². The zero-order valence-corrected chi connectivity index (χ0v) is 21.9. The summed E-state index contributed by atoms with van der Waals surface area (Å²) in [4.78, 5) is 39.5. The van der Waals surface area contributed by atoms with Crippen LogP contribution in [0.3, 0.4) is 0 Å². The molecule has 0 spiro atoms. The summed E-state index contributed by atoms with van der Waals surface area (Å²) < 4.78 is 4.93. The first-order chi connectivity index (χ1) is 15.1. The third-order valence-electron chi connectivity index (χ3n) is 5.21. The highest BCUT2D eigenvalue weighted by atomic mass is 31.3. The minimum Gasteiger partial charge on any atom is -0.396 e. The lowest BCUT2D eigenvalue weighted by Gasteiger charge is -2.23. The quantitative estimate of drug-likeness (QED) is 0.0908. The molecule has 196 valence electrons. The smallest absolute Gasteiger partial charge is 0.396 e. The van der Waals surface area contributed by atoms with E-state index >= 15 is 0 Å². The largest absolute Gasteiger partial charge is 0.461 e. The summed E-state index contributed by atoms with van der Waals surface area (Å²) in [6, 6.07) is 0. The lowest BCUT2D eigenvalue weighted by molar-refractivity contribution is -0.0328. The predicted octanol–water partition coefficient (Wildman–Crippen LogP) is 3.16. The van der Waals surface area contributed by atoms with Crippen molar-refractivity contribution < 1.29 is 44.3 Å². The first-order valence-corrected chi connectivity index (χ1v) is 15.5. The number of rotatable bonds is 20. The van der Waals surface area contributed by atoms with E-state index in [9.17, 15) is 19.6 Å². The van der Waals surface area contributed by atoms with Gasteiger partial charge in [0.15, 0.2) is 0 Å². The van der Waals surface area contributed by atoms with E-state index in [4.69, 9.17) is 24.7 Å².